The maximum atomic E-state index is 4.06. The summed E-state index contributed by atoms with van der Waals surface area (Å²) >= 11 is 2.65. The zero-order valence-corrected chi connectivity index (χ0v) is 5.49. The predicted octanol–water partition coefficient (Wildman–Crippen LogP) is 0.787. The molecule has 0 N–H and O–H groups in total. The summed E-state index contributed by atoms with van der Waals surface area (Å²) in [5.74, 6) is 0. The second-order valence-electron chi connectivity index (χ2n) is 0.154. The van der Waals surface area contributed by atoms with Crippen LogP contribution in [0.2, 0.25) is 0 Å². The van der Waals surface area contributed by atoms with E-state index >= 15 is 0 Å². The van der Waals surface area contributed by atoms with Gasteiger partial charge in [-0.25, -0.2) is 0 Å². The van der Waals surface area contributed by atoms with E-state index in [0.29, 0.717) is 0 Å². The van der Waals surface area contributed by atoms with Crippen LogP contribution in [0.5, 0.6) is 0 Å². The molecule has 0 amide bonds. The van der Waals surface area contributed by atoms with Crippen molar-refractivity contribution in [3.05, 3.63) is 0 Å². The van der Waals surface area contributed by atoms with Gasteiger partial charge in [-0.15, -0.1) is 0 Å². The second kappa shape index (κ2) is 8.88. The Kier molecular flexibility index (Phi) is 19.9. The fraction of sp³-hybridized carbons (Fsp3) is 1.00. The third-order valence-corrected chi connectivity index (χ3v) is 0. The molecule has 0 fully saturated rings. The van der Waals surface area contributed by atoms with E-state index in [1.165, 1.54) is 0 Å². The minimum absolute atomic E-state index is 0. The Labute approximate surface area is 53.3 Å². The average molecular weight is 137 g/mol. The molecule has 0 aliphatic rings. The van der Waals surface area contributed by atoms with E-state index in [0.717, 1.165) is 0 Å². The molecule has 0 rings (SSSR count). The molecular weight excluding hydrogens is 132 g/mol. The molecule has 0 atom stereocenters. The fourth-order valence-corrected chi connectivity index (χ4v) is 0. The van der Waals surface area contributed by atoms with Crippen LogP contribution in [0.3, 0.4) is 0 Å². The Morgan fingerprint density at radius 1 is 2.00 bits per heavy atom. The van der Waals surface area contributed by atoms with Gasteiger partial charge in [-0.1, -0.05) is 0 Å². The first-order valence-electron chi connectivity index (χ1n) is 0.563. The van der Waals surface area contributed by atoms with Crippen molar-refractivity contribution < 1.29 is 6.68 Å². The third kappa shape index (κ3) is 10.7. The number of rotatable bonds is 0. The Hall–Kier alpha value is 1.21. The van der Waals surface area contributed by atoms with Crippen LogP contribution in [0.4, 0.5) is 0 Å². The van der Waals surface area contributed by atoms with E-state index in [2.05, 4.69) is 20.1 Å². The van der Waals surface area contributed by atoms with Crippen LogP contribution >= 0.6 is 16.3 Å². The largest absolute Gasteiger partial charge is 2.00 e. The van der Waals surface area contributed by atoms with Crippen molar-refractivity contribution in [1.82, 2.24) is 0 Å². The molecule has 4 heavy (non-hydrogen) atoms. The van der Waals surface area contributed by atoms with E-state index in [-0.39, 0.29) is 25.9 Å². The van der Waals surface area contributed by atoms with Crippen LogP contribution in [0.25, 0.3) is 0 Å². The van der Waals surface area contributed by atoms with Gasteiger partial charge in [0.2, 0.25) is 0 Å². The minimum Gasteiger partial charge on any atom is -1.00 e. The molecule has 24 valence electrons. The van der Waals surface area contributed by atoms with Gasteiger partial charge in [-0.05, 0) is 0 Å². The van der Waals surface area contributed by atoms with Gasteiger partial charge >= 0.3 is 23.1 Å². The molecule has 0 saturated carbocycles. The molecule has 1 nitrogen and oxygen atoms in total. The van der Waals surface area contributed by atoms with Crippen molar-refractivity contribution in [2.75, 3.05) is 7.11 Å². The summed E-state index contributed by atoms with van der Waals surface area (Å²) in [7, 11) is 1.54. The first kappa shape index (κ1) is 8.96. The molecule has 0 aromatic heterocycles. The summed E-state index contributed by atoms with van der Waals surface area (Å²) in [5, 5.41) is 0. The third-order valence-electron chi connectivity index (χ3n) is 0. The van der Waals surface area contributed by atoms with Gasteiger partial charge in [0.1, 0.15) is 0 Å². The molecule has 0 aliphatic carbocycles. The fourth-order valence-electron chi connectivity index (χ4n) is 0. The predicted molar refractivity (Wildman–Crippen MR) is 23.9 cm³/mol. The molecule has 0 aliphatic heterocycles. The second-order valence-corrected chi connectivity index (χ2v) is 0.802. The van der Waals surface area contributed by atoms with Gasteiger partial charge in [0.05, 0.1) is 23.4 Å². The monoisotopic (exact) mass is 136 g/mol. The summed E-state index contributed by atoms with van der Waals surface area (Å²) < 4.78 is 4.06. The first-order chi connectivity index (χ1) is 1.41. The van der Waals surface area contributed by atoms with Crippen LogP contribution in [-0.2, 0) is 3.83 Å². The number of hydrogen-bond acceptors (Lipinski definition) is 1. The van der Waals surface area contributed by atoms with Crippen LogP contribution in [0.1, 0.15) is 2.85 Å². The van der Waals surface area contributed by atoms with E-state index in [4.69, 9.17) is 0 Å². The Morgan fingerprint density at radius 3 is 2.00 bits per heavy atom. The van der Waals surface area contributed by atoms with Crippen molar-refractivity contribution in [1.29, 1.82) is 0 Å². The molecular formula is CH5BrMgO. The molecule has 0 unspecified atom stereocenters. The van der Waals surface area contributed by atoms with Gasteiger partial charge in [-0.2, -0.15) is 0 Å². The maximum Gasteiger partial charge on any atom is 2.00 e. The molecule has 0 saturated heterocycles. The van der Waals surface area contributed by atoms with Crippen molar-refractivity contribution in [3.8, 4) is 0 Å². The number of halogens is 1. The summed E-state index contributed by atoms with van der Waals surface area (Å²) in [6, 6.07) is 0. The molecule has 0 heterocycles. The quantitative estimate of drug-likeness (QED) is 0.448. The maximum absolute atomic E-state index is 4.06. The van der Waals surface area contributed by atoms with Gasteiger partial charge < -0.3 is 6.68 Å². The van der Waals surface area contributed by atoms with Crippen LogP contribution in [0, 0.1) is 0 Å². The van der Waals surface area contributed by atoms with E-state index < -0.39 is 0 Å². The Morgan fingerprint density at radius 2 is 2.00 bits per heavy atom. The summed E-state index contributed by atoms with van der Waals surface area (Å²) in [5.41, 5.74) is 0. The molecule has 0 aromatic carbocycles. The standard InChI is InChI=1S/CH3BrO.Mg.2H/c1-3-2;;;/h1H3;;;/q;+2;2*-1. The molecule has 0 spiro atoms. The van der Waals surface area contributed by atoms with E-state index in [1.54, 1.807) is 7.11 Å². The van der Waals surface area contributed by atoms with E-state index in [9.17, 15) is 0 Å². The first-order valence-corrected chi connectivity index (χ1v) is 1.21. The molecule has 0 bridgehead atoms. The van der Waals surface area contributed by atoms with Gasteiger partial charge in [0.25, 0.3) is 0 Å². The number of hydrogen-bond donors (Lipinski definition) is 0. The van der Waals surface area contributed by atoms with Crippen molar-refractivity contribution in [2.24, 2.45) is 0 Å². The summed E-state index contributed by atoms with van der Waals surface area (Å²) in [4.78, 5) is 0. The molecule has 3 heteroatoms. The smallest absolute Gasteiger partial charge is 1.00 e. The van der Waals surface area contributed by atoms with Crippen LogP contribution < -0.4 is 0 Å². The van der Waals surface area contributed by atoms with Crippen molar-refractivity contribution in [2.45, 2.75) is 0 Å². The Bertz CT molecular complexity index is 13.5. The topological polar surface area (TPSA) is 9.23 Å². The Balaban J connectivity index is -0.00000000667. The van der Waals surface area contributed by atoms with Crippen LogP contribution in [-0.4, -0.2) is 30.2 Å². The zero-order chi connectivity index (χ0) is 2.71. The van der Waals surface area contributed by atoms with Gasteiger partial charge in [-0.3, -0.25) is 0 Å². The molecule has 0 radical (unpaired) electrons. The molecule has 0 aromatic rings. The van der Waals surface area contributed by atoms with Gasteiger partial charge in [0, 0.05) is 0 Å². The van der Waals surface area contributed by atoms with E-state index in [1.807, 2.05) is 0 Å². The SMILES string of the molecule is COBr.[H-].[H-].[Mg+2]. The van der Waals surface area contributed by atoms with Crippen LogP contribution in [0.15, 0.2) is 0 Å². The zero-order valence-electron chi connectivity index (χ0n) is 4.49. The summed E-state index contributed by atoms with van der Waals surface area (Å²) in [6.45, 7) is 0. The van der Waals surface area contributed by atoms with Crippen molar-refractivity contribution >= 4 is 39.3 Å². The van der Waals surface area contributed by atoms with Crippen molar-refractivity contribution in [3.63, 3.8) is 0 Å². The van der Waals surface area contributed by atoms with Gasteiger partial charge in [0.15, 0.2) is 0 Å². The minimum atomic E-state index is 0. The summed E-state index contributed by atoms with van der Waals surface area (Å²) in [6.07, 6.45) is 0. The normalized spacial score (nSPS) is 4.50. The average Bonchev–Trinajstić information content (AvgIpc) is 0.918.